The first-order valence-corrected chi connectivity index (χ1v) is 10.4. The Bertz CT molecular complexity index is 971. The van der Waals surface area contributed by atoms with Crippen LogP contribution in [0.4, 0.5) is 0 Å². The number of hydrogen-bond acceptors (Lipinski definition) is 5. The van der Waals surface area contributed by atoms with E-state index >= 15 is 0 Å². The Morgan fingerprint density at radius 2 is 2.00 bits per heavy atom. The van der Waals surface area contributed by atoms with Crippen LogP contribution in [0.1, 0.15) is 25.0 Å². The summed E-state index contributed by atoms with van der Waals surface area (Å²) in [5, 5.41) is 9.58. The molecule has 9 heteroatoms. The minimum Gasteiger partial charge on any atom is -0.481 e. The molecule has 1 saturated heterocycles. The number of carbonyl (C=O) groups excluding carboxylic acids is 1. The highest BCUT2D eigenvalue weighted by Crippen LogP contribution is 2.34. The van der Waals surface area contributed by atoms with Crippen molar-refractivity contribution in [3.05, 3.63) is 51.0 Å². The molecule has 1 aliphatic rings. The Balaban J connectivity index is 1.69. The molecule has 1 N–H and O–H groups in total. The van der Waals surface area contributed by atoms with Gasteiger partial charge in [-0.15, -0.1) is 0 Å². The van der Waals surface area contributed by atoms with Gasteiger partial charge in [0, 0.05) is 24.6 Å². The minimum absolute atomic E-state index is 0.0779. The molecule has 1 aliphatic heterocycles. The molecule has 146 valence electrons. The number of amides is 1. The fraction of sp³-hybridized carbons (Fsp3) is 0.211. The van der Waals surface area contributed by atoms with Gasteiger partial charge in [0.2, 0.25) is 0 Å². The summed E-state index contributed by atoms with van der Waals surface area (Å²) in [6.45, 7) is 0.405. The summed E-state index contributed by atoms with van der Waals surface area (Å²) in [4.78, 5) is 25.1. The Morgan fingerprint density at radius 1 is 1.21 bits per heavy atom. The van der Waals surface area contributed by atoms with Crippen LogP contribution in [0, 0.1) is 0 Å². The van der Waals surface area contributed by atoms with Crippen LogP contribution in [-0.2, 0) is 9.59 Å². The third-order valence-electron chi connectivity index (χ3n) is 4.00. The molecule has 2 heterocycles. The minimum atomic E-state index is -0.846. The molecule has 0 spiro atoms. The number of unbranched alkanes of at least 4 members (excludes halogenated alkanes) is 1. The lowest BCUT2D eigenvalue weighted by Crippen LogP contribution is -2.29. The van der Waals surface area contributed by atoms with E-state index in [9.17, 15) is 9.59 Å². The van der Waals surface area contributed by atoms with Gasteiger partial charge in [-0.2, -0.15) is 0 Å². The number of halogens is 2. The lowest BCUT2D eigenvalue weighted by molar-refractivity contribution is -0.137. The van der Waals surface area contributed by atoms with Gasteiger partial charge in [-0.25, -0.2) is 0 Å². The van der Waals surface area contributed by atoms with E-state index in [2.05, 4.69) is 0 Å². The summed E-state index contributed by atoms with van der Waals surface area (Å²) in [7, 11) is 0. The normalized spacial score (nSPS) is 15.6. The Labute approximate surface area is 181 Å². The molecule has 1 aromatic carbocycles. The van der Waals surface area contributed by atoms with Crippen molar-refractivity contribution in [1.82, 2.24) is 4.90 Å². The monoisotopic (exact) mass is 455 g/mol. The molecule has 5 nitrogen and oxygen atoms in total. The van der Waals surface area contributed by atoms with Crippen LogP contribution in [0.25, 0.3) is 17.4 Å². The zero-order chi connectivity index (χ0) is 20.3. The lowest BCUT2D eigenvalue weighted by atomic mass is 10.2. The van der Waals surface area contributed by atoms with E-state index in [0.717, 1.165) is 5.56 Å². The topological polar surface area (TPSA) is 70.8 Å². The number of nitrogens with zero attached hydrogens (tertiary/aromatic N) is 1. The number of carbonyl (C=O) groups is 2. The van der Waals surface area contributed by atoms with Crippen LogP contribution in [0.2, 0.25) is 10.0 Å². The molecule has 0 unspecified atom stereocenters. The van der Waals surface area contributed by atoms with Crippen LogP contribution < -0.4 is 0 Å². The smallest absolute Gasteiger partial charge is 0.303 e. The van der Waals surface area contributed by atoms with E-state index in [1.54, 1.807) is 36.4 Å². The molecule has 1 fully saturated rings. The zero-order valence-electron chi connectivity index (χ0n) is 14.5. The van der Waals surface area contributed by atoms with Gasteiger partial charge < -0.3 is 9.52 Å². The number of thiocarbonyl (C=S) groups is 1. The summed E-state index contributed by atoms with van der Waals surface area (Å²) in [5.41, 5.74) is 0.778. The Morgan fingerprint density at radius 3 is 2.71 bits per heavy atom. The molecule has 1 amide bonds. The molecule has 0 radical (unpaired) electrons. The largest absolute Gasteiger partial charge is 0.481 e. The first-order chi connectivity index (χ1) is 13.3. The van der Waals surface area contributed by atoms with Gasteiger partial charge in [-0.1, -0.05) is 47.2 Å². The fourth-order valence-electron chi connectivity index (χ4n) is 2.60. The van der Waals surface area contributed by atoms with Crippen molar-refractivity contribution in [1.29, 1.82) is 0 Å². The van der Waals surface area contributed by atoms with Crippen LogP contribution in [-0.4, -0.2) is 32.7 Å². The molecule has 28 heavy (non-hydrogen) atoms. The maximum atomic E-state index is 12.6. The highest BCUT2D eigenvalue weighted by Gasteiger charge is 2.31. The maximum absolute atomic E-state index is 12.6. The van der Waals surface area contributed by atoms with Gasteiger partial charge in [0.05, 0.1) is 15.0 Å². The average Bonchev–Trinajstić information content (AvgIpc) is 3.20. The maximum Gasteiger partial charge on any atom is 0.303 e. The summed E-state index contributed by atoms with van der Waals surface area (Å²) < 4.78 is 6.26. The van der Waals surface area contributed by atoms with Gasteiger partial charge in [-0.05, 0) is 43.2 Å². The van der Waals surface area contributed by atoms with E-state index in [1.165, 1.54) is 16.7 Å². The van der Waals surface area contributed by atoms with Gasteiger partial charge in [0.15, 0.2) is 0 Å². The van der Waals surface area contributed by atoms with Crippen molar-refractivity contribution in [3.63, 3.8) is 0 Å². The quantitative estimate of drug-likeness (QED) is 0.327. The number of thioether (sulfide) groups is 1. The third kappa shape index (κ3) is 4.97. The predicted octanol–water partition coefficient (Wildman–Crippen LogP) is 5.71. The van der Waals surface area contributed by atoms with Gasteiger partial charge >= 0.3 is 5.97 Å². The Kier molecular flexibility index (Phi) is 6.82. The molecular weight excluding hydrogens is 441 g/mol. The van der Waals surface area contributed by atoms with E-state index < -0.39 is 5.97 Å². The van der Waals surface area contributed by atoms with E-state index in [1.807, 2.05) is 0 Å². The van der Waals surface area contributed by atoms with Gasteiger partial charge in [0.25, 0.3) is 5.91 Å². The van der Waals surface area contributed by atoms with Crippen LogP contribution in [0.15, 0.2) is 39.7 Å². The predicted molar refractivity (Wildman–Crippen MR) is 116 cm³/mol. The van der Waals surface area contributed by atoms with Crippen molar-refractivity contribution in [2.75, 3.05) is 6.54 Å². The SMILES string of the molecule is O=C(O)CCCCN1C(=O)C(=Cc2ccc(-c3ccc(Cl)c(Cl)c3)o2)SC1=S. The molecule has 2 aromatic rings. The number of rotatable bonds is 7. The Hall–Kier alpha value is -1.80. The number of carboxylic acids is 1. The first kappa shape index (κ1) is 20.9. The summed E-state index contributed by atoms with van der Waals surface area (Å²) in [5.74, 6) is 0.0834. The number of carboxylic acid groups (broad SMARTS) is 1. The zero-order valence-corrected chi connectivity index (χ0v) is 17.6. The summed E-state index contributed by atoms with van der Waals surface area (Å²) in [6, 6.07) is 8.75. The van der Waals surface area contributed by atoms with Crippen LogP contribution >= 0.6 is 47.2 Å². The van der Waals surface area contributed by atoms with Crippen LogP contribution in [0.5, 0.6) is 0 Å². The molecular formula is C19H15Cl2NO4S2. The van der Waals surface area contributed by atoms with E-state index in [4.69, 9.17) is 44.9 Å². The highest BCUT2D eigenvalue weighted by molar-refractivity contribution is 8.26. The second kappa shape index (κ2) is 9.13. The van der Waals surface area contributed by atoms with Crippen molar-refractivity contribution in [2.45, 2.75) is 19.3 Å². The summed E-state index contributed by atoms with van der Waals surface area (Å²) >= 11 is 18.5. The molecule has 0 aliphatic carbocycles. The van der Waals surface area contributed by atoms with Crippen LogP contribution in [0.3, 0.4) is 0 Å². The average molecular weight is 456 g/mol. The second-order valence-corrected chi connectivity index (χ2v) is 8.51. The number of aliphatic carboxylic acids is 1. The molecule has 0 bridgehead atoms. The molecule has 3 rings (SSSR count). The van der Waals surface area contributed by atoms with Crippen molar-refractivity contribution >= 4 is 69.5 Å². The number of furan rings is 1. The van der Waals surface area contributed by atoms with E-state index in [0.29, 0.717) is 50.2 Å². The van der Waals surface area contributed by atoms with Crippen molar-refractivity contribution < 1.29 is 19.1 Å². The lowest BCUT2D eigenvalue weighted by Gasteiger charge is -2.13. The van der Waals surface area contributed by atoms with Crippen molar-refractivity contribution in [2.24, 2.45) is 0 Å². The molecule has 0 saturated carbocycles. The second-order valence-electron chi connectivity index (χ2n) is 6.02. The molecule has 1 aromatic heterocycles. The van der Waals surface area contributed by atoms with Gasteiger partial charge in [0.1, 0.15) is 15.8 Å². The fourth-order valence-corrected chi connectivity index (χ4v) is 4.19. The van der Waals surface area contributed by atoms with Crippen molar-refractivity contribution in [3.8, 4) is 11.3 Å². The number of benzene rings is 1. The van der Waals surface area contributed by atoms with E-state index in [-0.39, 0.29) is 12.3 Å². The van der Waals surface area contributed by atoms with Gasteiger partial charge in [-0.3, -0.25) is 14.5 Å². The summed E-state index contributed by atoms with van der Waals surface area (Å²) in [6.07, 6.45) is 2.80. The highest BCUT2D eigenvalue weighted by atomic mass is 35.5. The number of hydrogen-bond donors (Lipinski definition) is 1. The standard InChI is InChI=1S/C19H15Cl2NO4S2/c20-13-6-4-11(9-14(13)21)15-7-5-12(26-15)10-16-18(25)22(19(27)28-16)8-2-1-3-17(23)24/h4-7,9-10H,1-3,8H2,(H,23,24). The molecule has 0 atom stereocenters. The third-order valence-corrected chi connectivity index (χ3v) is 6.12. The first-order valence-electron chi connectivity index (χ1n) is 8.37.